The second-order valence-electron chi connectivity index (χ2n) is 13.0. The minimum Gasteiger partial charge on any atom is -0.0654 e. The number of rotatable bonds is 29. The van der Waals surface area contributed by atoms with Crippen molar-refractivity contribution in [3.8, 4) is 0 Å². The van der Waals surface area contributed by atoms with E-state index in [1.54, 1.807) is 0 Å². The van der Waals surface area contributed by atoms with E-state index in [4.69, 9.17) is 0 Å². The fourth-order valence-electron chi connectivity index (χ4n) is 5.71. The van der Waals surface area contributed by atoms with Gasteiger partial charge in [-0.2, -0.15) is 0 Å². The molecule has 0 aliphatic carbocycles. The second kappa shape index (κ2) is 28.6. The lowest BCUT2D eigenvalue weighted by atomic mass is 9.95. The largest absolute Gasteiger partial charge is 0.0654 e. The van der Waals surface area contributed by atoms with Crippen molar-refractivity contribution in [2.24, 2.45) is 17.8 Å². The quantitative estimate of drug-likeness (QED) is 0.0910. The molecule has 0 aliphatic rings. The Balaban J connectivity index is 3.23. The molecule has 212 valence electrons. The molecule has 0 heterocycles. The van der Waals surface area contributed by atoms with Crippen LogP contribution in [0.15, 0.2) is 0 Å². The molecule has 0 aromatic heterocycles. The van der Waals surface area contributed by atoms with E-state index >= 15 is 0 Å². The van der Waals surface area contributed by atoms with Gasteiger partial charge in [0.25, 0.3) is 0 Å². The summed E-state index contributed by atoms with van der Waals surface area (Å²) >= 11 is 0. The molecule has 0 N–H and O–H groups in total. The summed E-state index contributed by atoms with van der Waals surface area (Å²) in [6.07, 6.45) is 39.7. The molecule has 0 radical (unpaired) electrons. The van der Waals surface area contributed by atoms with E-state index in [1.165, 1.54) is 173 Å². The highest BCUT2D eigenvalue weighted by atomic mass is 14.1. The lowest BCUT2D eigenvalue weighted by Gasteiger charge is -2.11. The molecule has 0 saturated heterocycles. The summed E-state index contributed by atoms with van der Waals surface area (Å²) in [5, 5.41) is 0. The summed E-state index contributed by atoms with van der Waals surface area (Å²) in [5.41, 5.74) is 0. The zero-order valence-electron chi connectivity index (χ0n) is 25.8. The van der Waals surface area contributed by atoms with Crippen LogP contribution in [-0.2, 0) is 0 Å². The van der Waals surface area contributed by atoms with Crippen molar-refractivity contribution in [3.05, 3.63) is 0 Å². The van der Waals surface area contributed by atoms with E-state index in [0.717, 1.165) is 17.8 Å². The van der Waals surface area contributed by atoms with Gasteiger partial charge in [0.15, 0.2) is 0 Å². The molecule has 0 spiro atoms. The van der Waals surface area contributed by atoms with E-state index in [9.17, 15) is 0 Å². The van der Waals surface area contributed by atoms with Gasteiger partial charge >= 0.3 is 0 Å². The van der Waals surface area contributed by atoms with Crippen molar-refractivity contribution in [1.29, 1.82) is 0 Å². The minimum absolute atomic E-state index is 0.892. The van der Waals surface area contributed by atoms with Crippen molar-refractivity contribution in [2.45, 2.75) is 208 Å². The van der Waals surface area contributed by atoms with Crippen LogP contribution in [0, 0.1) is 17.8 Å². The maximum atomic E-state index is 2.50. The van der Waals surface area contributed by atoms with Crippen LogP contribution in [0.25, 0.3) is 0 Å². The summed E-state index contributed by atoms with van der Waals surface area (Å²) in [5.74, 6) is 2.82. The fraction of sp³-hybridized carbons (Fsp3) is 1.00. The van der Waals surface area contributed by atoms with E-state index in [1.807, 2.05) is 0 Å². The molecule has 2 unspecified atom stereocenters. The van der Waals surface area contributed by atoms with Crippen LogP contribution in [0.5, 0.6) is 0 Å². The third-order valence-corrected chi connectivity index (χ3v) is 8.42. The van der Waals surface area contributed by atoms with Crippen molar-refractivity contribution < 1.29 is 0 Å². The first kappa shape index (κ1) is 35.0. The van der Waals surface area contributed by atoms with Crippen molar-refractivity contribution in [2.75, 3.05) is 0 Å². The monoisotopic (exact) mass is 493 g/mol. The first-order chi connectivity index (χ1) is 17.1. The SMILES string of the molecule is CCCCCCCCCCC(C)CCCCCCCCCCCC(C)CCCCCCCC(C)C. The molecule has 0 amide bonds. The van der Waals surface area contributed by atoms with Gasteiger partial charge in [0.2, 0.25) is 0 Å². The van der Waals surface area contributed by atoms with E-state index < -0.39 is 0 Å². The average Bonchev–Trinajstić information content (AvgIpc) is 2.83. The van der Waals surface area contributed by atoms with Gasteiger partial charge in [-0.15, -0.1) is 0 Å². The predicted octanol–water partition coefficient (Wildman–Crippen LogP) is 13.5. The Kier molecular flexibility index (Phi) is 28.6. The molecule has 35 heavy (non-hydrogen) atoms. The summed E-state index contributed by atoms with van der Waals surface area (Å²) in [7, 11) is 0. The average molecular weight is 493 g/mol. The van der Waals surface area contributed by atoms with Gasteiger partial charge in [-0.25, -0.2) is 0 Å². The number of unbranched alkanes of at least 4 members (excludes halogenated alkanes) is 19. The van der Waals surface area contributed by atoms with Crippen LogP contribution in [-0.4, -0.2) is 0 Å². The first-order valence-electron chi connectivity index (χ1n) is 17.1. The molecule has 0 saturated carbocycles. The van der Waals surface area contributed by atoms with Gasteiger partial charge in [0.1, 0.15) is 0 Å². The Bertz CT molecular complexity index is 370. The second-order valence-corrected chi connectivity index (χ2v) is 13.0. The zero-order valence-corrected chi connectivity index (χ0v) is 25.8. The molecule has 0 fully saturated rings. The third kappa shape index (κ3) is 30.1. The zero-order chi connectivity index (χ0) is 25.8. The van der Waals surface area contributed by atoms with Crippen LogP contribution < -0.4 is 0 Å². The molecule has 0 aromatic rings. The normalized spacial score (nSPS) is 13.5. The topological polar surface area (TPSA) is 0 Å². The summed E-state index contributed by atoms with van der Waals surface area (Å²) in [6, 6.07) is 0. The molecule has 0 aromatic carbocycles. The molecular weight excluding hydrogens is 420 g/mol. The Morgan fingerprint density at radius 3 is 0.771 bits per heavy atom. The highest BCUT2D eigenvalue weighted by Gasteiger charge is 2.04. The smallest absolute Gasteiger partial charge is 0.0443 e. The summed E-state index contributed by atoms with van der Waals surface area (Å²) in [6.45, 7) is 12.0. The molecule has 0 nitrogen and oxygen atoms in total. The van der Waals surface area contributed by atoms with Crippen LogP contribution in [0.2, 0.25) is 0 Å². The van der Waals surface area contributed by atoms with Gasteiger partial charge in [0, 0.05) is 0 Å². The predicted molar refractivity (Wildman–Crippen MR) is 163 cm³/mol. The Labute approximate surface area is 225 Å². The maximum absolute atomic E-state index is 2.50. The van der Waals surface area contributed by atoms with Crippen LogP contribution in [0.1, 0.15) is 208 Å². The fourth-order valence-corrected chi connectivity index (χ4v) is 5.71. The standard InChI is InChI=1S/C35H72/c1-6-7-8-9-10-14-19-24-29-34(4)30-25-20-15-12-11-13-16-21-26-31-35(5)32-27-22-17-18-23-28-33(2)3/h33-35H,6-32H2,1-5H3. The number of hydrogen-bond donors (Lipinski definition) is 0. The van der Waals surface area contributed by atoms with Gasteiger partial charge < -0.3 is 0 Å². The molecule has 0 rings (SSSR count). The van der Waals surface area contributed by atoms with Crippen molar-refractivity contribution in [3.63, 3.8) is 0 Å². The summed E-state index contributed by atoms with van der Waals surface area (Å²) in [4.78, 5) is 0. The van der Waals surface area contributed by atoms with Gasteiger partial charge in [-0.3, -0.25) is 0 Å². The van der Waals surface area contributed by atoms with Gasteiger partial charge in [-0.1, -0.05) is 208 Å². The van der Waals surface area contributed by atoms with Crippen LogP contribution in [0.3, 0.4) is 0 Å². The van der Waals surface area contributed by atoms with Crippen molar-refractivity contribution >= 4 is 0 Å². The Hall–Kier alpha value is 0. The third-order valence-electron chi connectivity index (χ3n) is 8.42. The molecule has 0 aliphatic heterocycles. The lowest BCUT2D eigenvalue weighted by Crippen LogP contribution is -1.95. The summed E-state index contributed by atoms with van der Waals surface area (Å²) < 4.78 is 0. The highest BCUT2D eigenvalue weighted by molar-refractivity contribution is 4.58. The van der Waals surface area contributed by atoms with Gasteiger partial charge in [-0.05, 0) is 17.8 Å². The van der Waals surface area contributed by atoms with Gasteiger partial charge in [0.05, 0.1) is 0 Å². The molecular formula is C35H72. The van der Waals surface area contributed by atoms with Crippen molar-refractivity contribution in [1.82, 2.24) is 0 Å². The number of hydrogen-bond acceptors (Lipinski definition) is 0. The van der Waals surface area contributed by atoms with Crippen LogP contribution >= 0.6 is 0 Å². The highest BCUT2D eigenvalue weighted by Crippen LogP contribution is 2.21. The molecule has 0 bridgehead atoms. The lowest BCUT2D eigenvalue weighted by molar-refractivity contribution is 0.424. The van der Waals surface area contributed by atoms with E-state index in [0.29, 0.717) is 0 Å². The minimum atomic E-state index is 0.892. The van der Waals surface area contributed by atoms with Crippen LogP contribution in [0.4, 0.5) is 0 Å². The molecule has 2 atom stereocenters. The van der Waals surface area contributed by atoms with E-state index in [2.05, 4.69) is 34.6 Å². The Morgan fingerprint density at radius 2 is 0.514 bits per heavy atom. The van der Waals surface area contributed by atoms with E-state index in [-0.39, 0.29) is 0 Å². The molecule has 0 heteroatoms. The maximum Gasteiger partial charge on any atom is -0.0443 e. The Morgan fingerprint density at radius 1 is 0.286 bits per heavy atom. The first-order valence-corrected chi connectivity index (χ1v) is 17.1.